The number of hydrogen-bond donors (Lipinski definition) is 1. The number of rotatable bonds is 5. The van der Waals surface area contributed by atoms with Gasteiger partial charge in [0, 0.05) is 6.07 Å². The second kappa shape index (κ2) is 6.24. The highest BCUT2D eigenvalue weighted by Gasteiger charge is 2.15. The van der Waals surface area contributed by atoms with Gasteiger partial charge in [0.15, 0.2) is 0 Å². The van der Waals surface area contributed by atoms with Gasteiger partial charge >= 0.3 is 0 Å². The maximum absolute atomic E-state index is 13.3. The third kappa shape index (κ3) is 3.26. The lowest BCUT2D eigenvalue weighted by Gasteiger charge is -2.17. The van der Waals surface area contributed by atoms with Crippen molar-refractivity contribution in [2.45, 2.75) is 13.0 Å². The molecule has 0 spiro atoms. The second-order valence-electron chi connectivity index (χ2n) is 4.05. The third-order valence-electron chi connectivity index (χ3n) is 2.76. The first-order valence-electron chi connectivity index (χ1n) is 6.11. The number of aromatic nitrogens is 2. The Morgan fingerprint density at radius 3 is 2.68 bits per heavy atom. The number of nitrogens with zero attached hydrogens (tertiary/aromatic N) is 2. The first kappa shape index (κ1) is 13.4. The summed E-state index contributed by atoms with van der Waals surface area (Å²) in [6, 6.07) is 9.86. The lowest BCUT2D eigenvalue weighted by molar-refractivity contribution is 0.390. The molecule has 0 aliphatic rings. The Morgan fingerprint density at radius 2 is 2.11 bits per heavy atom. The molecule has 0 fully saturated rings. The molecule has 2 rings (SSSR count). The van der Waals surface area contributed by atoms with Crippen molar-refractivity contribution in [3.05, 3.63) is 53.5 Å². The van der Waals surface area contributed by atoms with Crippen LogP contribution in [0.2, 0.25) is 0 Å². The van der Waals surface area contributed by atoms with Gasteiger partial charge in [-0.05, 0) is 30.3 Å². The van der Waals surface area contributed by atoms with Crippen molar-refractivity contribution in [1.29, 1.82) is 0 Å². The van der Waals surface area contributed by atoms with E-state index in [1.165, 1.54) is 19.2 Å². The summed E-state index contributed by atoms with van der Waals surface area (Å²) in [7, 11) is 1.54. The van der Waals surface area contributed by atoms with Gasteiger partial charge in [-0.1, -0.05) is 19.1 Å². The molecule has 1 heterocycles. The average Bonchev–Trinajstić information content (AvgIpc) is 2.45. The van der Waals surface area contributed by atoms with Crippen LogP contribution in [0.15, 0.2) is 36.4 Å². The van der Waals surface area contributed by atoms with E-state index in [0.29, 0.717) is 5.88 Å². The number of halogens is 1. The summed E-state index contributed by atoms with van der Waals surface area (Å²) in [5.74, 6) is 0.195. The van der Waals surface area contributed by atoms with E-state index in [1.54, 1.807) is 12.1 Å². The SMILES string of the molecule is CCNC(c1cccc(F)c1)c1ccc(OC)nn1. The van der Waals surface area contributed by atoms with E-state index in [1.807, 2.05) is 19.1 Å². The van der Waals surface area contributed by atoms with Crippen LogP contribution in [-0.4, -0.2) is 23.9 Å². The maximum Gasteiger partial charge on any atom is 0.233 e. The monoisotopic (exact) mass is 261 g/mol. The van der Waals surface area contributed by atoms with Gasteiger partial charge in [0.1, 0.15) is 5.82 Å². The zero-order valence-electron chi connectivity index (χ0n) is 10.9. The standard InChI is InChI=1S/C14H16FN3O/c1-3-16-14(10-5-4-6-11(15)9-10)12-7-8-13(19-2)18-17-12/h4-9,14,16H,3H2,1-2H3. The molecule has 1 aromatic carbocycles. The summed E-state index contributed by atoms with van der Waals surface area (Å²) < 4.78 is 18.3. The lowest BCUT2D eigenvalue weighted by Crippen LogP contribution is -2.23. The molecular weight excluding hydrogens is 245 g/mol. The number of nitrogens with one attached hydrogen (secondary N) is 1. The smallest absolute Gasteiger partial charge is 0.233 e. The van der Waals surface area contributed by atoms with E-state index >= 15 is 0 Å². The minimum Gasteiger partial charge on any atom is -0.480 e. The van der Waals surface area contributed by atoms with E-state index in [-0.39, 0.29) is 11.9 Å². The summed E-state index contributed by atoms with van der Waals surface area (Å²) in [4.78, 5) is 0. The summed E-state index contributed by atoms with van der Waals surface area (Å²) >= 11 is 0. The molecule has 0 amide bonds. The van der Waals surface area contributed by atoms with Crippen molar-refractivity contribution in [2.24, 2.45) is 0 Å². The van der Waals surface area contributed by atoms with Crippen LogP contribution in [0.1, 0.15) is 24.2 Å². The Hall–Kier alpha value is -2.01. The number of ether oxygens (including phenoxy) is 1. The quantitative estimate of drug-likeness (QED) is 0.897. The van der Waals surface area contributed by atoms with Gasteiger partial charge < -0.3 is 10.1 Å². The van der Waals surface area contributed by atoms with Crippen LogP contribution in [0.3, 0.4) is 0 Å². The van der Waals surface area contributed by atoms with Crippen LogP contribution in [-0.2, 0) is 0 Å². The number of methoxy groups -OCH3 is 1. The van der Waals surface area contributed by atoms with Crippen LogP contribution in [0, 0.1) is 5.82 Å². The minimum absolute atomic E-state index is 0.181. The van der Waals surface area contributed by atoms with E-state index < -0.39 is 0 Å². The van der Waals surface area contributed by atoms with Gasteiger partial charge in [-0.15, -0.1) is 10.2 Å². The summed E-state index contributed by atoms with van der Waals surface area (Å²) in [6.45, 7) is 2.73. The van der Waals surface area contributed by atoms with E-state index in [0.717, 1.165) is 17.8 Å². The molecule has 0 saturated heterocycles. The second-order valence-corrected chi connectivity index (χ2v) is 4.05. The van der Waals surface area contributed by atoms with Crippen molar-refractivity contribution < 1.29 is 9.13 Å². The summed E-state index contributed by atoms with van der Waals surface area (Å²) in [6.07, 6.45) is 0. The van der Waals surface area contributed by atoms with Gasteiger partial charge in [-0.2, -0.15) is 0 Å². The zero-order valence-corrected chi connectivity index (χ0v) is 10.9. The molecule has 1 N–H and O–H groups in total. The molecule has 5 heteroatoms. The molecule has 1 unspecified atom stereocenters. The molecule has 19 heavy (non-hydrogen) atoms. The molecule has 4 nitrogen and oxygen atoms in total. The van der Waals surface area contributed by atoms with E-state index in [9.17, 15) is 4.39 Å². The molecule has 0 bridgehead atoms. The van der Waals surface area contributed by atoms with Crippen molar-refractivity contribution >= 4 is 0 Å². The Kier molecular flexibility index (Phi) is 4.41. The van der Waals surface area contributed by atoms with Crippen LogP contribution in [0.4, 0.5) is 4.39 Å². The largest absolute Gasteiger partial charge is 0.480 e. The van der Waals surface area contributed by atoms with E-state index in [4.69, 9.17) is 4.74 Å². The molecule has 1 atom stereocenters. The van der Waals surface area contributed by atoms with E-state index in [2.05, 4.69) is 15.5 Å². The molecule has 0 aliphatic heterocycles. The zero-order chi connectivity index (χ0) is 13.7. The summed E-state index contributed by atoms with van der Waals surface area (Å²) in [5, 5.41) is 11.3. The maximum atomic E-state index is 13.3. The normalized spacial score (nSPS) is 12.2. The van der Waals surface area contributed by atoms with Crippen LogP contribution < -0.4 is 10.1 Å². The van der Waals surface area contributed by atoms with Crippen molar-refractivity contribution in [3.63, 3.8) is 0 Å². The average molecular weight is 261 g/mol. The fourth-order valence-corrected chi connectivity index (χ4v) is 1.88. The molecule has 0 saturated carbocycles. The molecular formula is C14H16FN3O. The van der Waals surface area contributed by atoms with Gasteiger partial charge in [0.05, 0.1) is 18.8 Å². The highest BCUT2D eigenvalue weighted by Crippen LogP contribution is 2.21. The van der Waals surface area contributed by atoms with Crippen molar-refractivity contribution in [2.75, 3.05) is 13.7 Å². The fraction of sp³-hybridized carbons (Fsp3) is 0.286. The summed E-state index contributed by atoms with van der Waals surface area (Å²) in [5.41, 5.74) is 1.55. The van der Waals surface area contributed by atoms with Crippen molar-refractivity contribution in [1.82, 2.24) is 15.5 Å². The third-order valence-corrected chi connectivity index (χ3v) is 2.76. The van der Waals surface area contributed by atoms with Crippen molar-refractivity contribution in [3.8, 4) is 5.88 Å². The molecule has 0 radical (unpaired) electrons. The fourth-order valence-electron chi connectivity index (χ4n) is 1.88. The number of hydrogen-bond acceptors (Lipinski definition) is 4. The molecule has 100 valence electrons. The predicted molar refractivity (Wildman–Crippen MR) is 70.5 cm³/mol. The first-order valence-corrected chi connectivity index (χ1v) is 6.11. The van der Waals surface area contributed by atoms with Crippen LogP contribution in [0.5, 0.6) is 5.88 Å². The van der Waals surface area contributed by atoms with Crippen LogP contribution in [0.25, 0.3) is 0 Å². The van der Waals surface area contributed by atoms with Gasteiger partial charge in [-0.3, -0.25) is 0 Å². The van der Waals surface area contributed by atoms with Gasteiger partial charge in [0.2, 0.25) is 5.88 Å². The number of benzene rings is 1. The molecule has 1 aromatic heterocycles. The Labute approximate surface area is 111 Å². The lowest BCUT2D eigenvalue weighted by atomic mass is 10.0. The Balaban J connectivity index is 2.33. The minimum atomic E-state index is -0.262. The van der Waals surface area contributed by atoms with Crippen LogP contribution >= 0.6 is 0 Å². The Bertz CT molecular complexity index is 530. The first-order chi connectivity index (χ1) is 9.24. The highest BCUT2D eigenvalue weighted by atomic mass is 19.1. The Morgan fingerprint density at radius 1 is 1.26 bits per heavy atom. The highest BCUT2D eigenvalue weighted by molar-refractivity contribution is 5.28. The topological polar surface area (TPSA) is 47.0 Å². The molecule has 2 aromatic rings. The van der Waals surface area contributed by atoms with Gasteiger partial charge in [-0.25, -0.2) is 4.39 Å². The predicted octanol–water partition coefficient (Wildman–Crippen LogP) is 2.32. The molecule has 0 aliphatic carbocycles. The van der Waals surface area contributed by atoms with Gasteiger partial charge in [0.25, 0.3) is 0 Å².